The van der Waals surface area contributed by atoms with Crippen molar-refractivity contribution in [2.24, 2.45) is 5.92 Å². The molecule has 0 amide bonds. The van der Waals surface area contributed by atoms with Crippen LogP contribution in [0.5, 0.6) is 0 Å². The molecule has 1 aliphatic heterocycles. The van der Waals surface area contributed by atoms with E-state index in [-0.39, 0.29) is 17.0 Å². The molecular formula is C38H27F6N. The van der Waals surface area contributed by atoms with Gasteiger partial charge in [0.1, 0.15) is 0 Å². The number of rotatable bonds is 4. The zero-order valence-corrected chi connectivity index (χ0v) is 24.5. The Morgan fingerprint density at radius 1 is 0.556 bits per heavy atom. The number of halogens is 6. The minimum Gasteiger partial charge on any atom is -0.294 e. The van der Waals surface area contributed by atoms with Crippen LogP contribution in [-0.4, -0.2) is 11.4 Å². The monoisotopic (exact) mass is 611 g/mol. The van der Waals surface area contributed by atoms with Crippen molar-refractivity contribution in [2.45, 2.75) is 26.9 Å². The van der Waals surface area contributed by atoms with E-state index in [0.717, 1.165) is 68.1 Å². The Hall–Kier alpha value is -4.62. The predicted molar refractivity (Wildman–Crippen MR) is 166 cm³/mol. The third kappa shape index (κ3) is 4.95. The van der Waals surface area contributed by atoms with Crippen LogP contribution in [0.25, 0.3) is 54.9 Å². The molecule has 0 aliphatic carbocycles. The topological polar surface area (TPSA) is 3.24 Å². The Morgan fingerprint density at radius 3 is 1.31 bits per heavy atom. The fourth-order valence-electron chi connectivity index (χ4n) is 6.77. The minimum absolute atomic E-state index is 0.199. The molecule has 0 saturated carbocycles. The van der Waals surface area contributed by atoms with Crippen LogP contribution in [0.15, 0.2) is 84.9 Å². The van der Waals surface area contributed by atoms with E-state index in [1.165, 1.54) is 0 Å². The summed E-state index contributed by atoms with van der Waals surface area (Å²) in [5.41, 5.74) is 4.71. The van der Waals surface area contributed by atoms with Crippen LogP contribution < -0.4 is 0 Å². The molecule has 6 aromatic carbocycles. The number of hydrogen-bond acceptors (Lipinski definition) is 1. The molecule has 6 aromatic rings. The summed E-state index contributed by atoms with van der Waals surface area (Å²) in [7, 11) is 0. The van der Waals surface area contributed by atoms with Crippen LogP contribution in [0.1, 0.15) is 25.0 Å². The van der Waals surface area contributed by atoms with Gasteiger partial charge in [0.15, 0.2) is 34.9 Å². The van der Waals surface area contributed by atoms with Crippen molar-refractivity contribution < 1.29 is 26.3 Å². The normalized spacial score (nSPS) is 13.4. The molecule has 7 rings (SSSR count). The van der Waals surface area contributed by atoms with Gasteiger partial charge in [0, 0.05) is 19.6 Å². The summed E-state index contributed by atoms with van der Waals surface area (Å²) >= 11 is 0. The Kier molecular flexibility index (Phi) is 7.16. The van der Waals surface area contributed by atoms with Gasteiger partial charge in [-0.2, -0.15) is 0 Å². The first kappa shape index (κ1) is 29.1. The third-order valence-electron chi connectivity index (χ3n) is 8.54. The average molecular weight is 612 g/mol. The first-order chi connectivity index (χ1) is 21.6. The first-order valence-corrected chi connectivity index (χ1v) is 14.7. The van der Waals surface area contributed by atoms with E-state index < -0.39 is 34.9 Å². The fraction of sp³-hybridized carbons (Fsp3) is 0.158. The lowest BCUT2D eigenvalue weighted by Gasteiger charge is -2.25. The van der Waals surface area contributed by atoms with Crippen LogP contribution in [-0.2, 0) is 13.1 Å². The van der Waals surface area contributed by atoms with Gasteiger partial charge in [-0.15, -0.1) is 0 Å². The van der Waals surface area contributed by atoms with E-state index in [0.29, 0.717) is 30.8 Å². The van der Waals surface area contributed by atoms with Crippen LogP contribution in [0.3, 0.4) is 0 Å². The zero-order chi connectivity index (χ0) is 31.6. The highest BCUT2D eigenvalue weighted by molar-refractivity contribution is 6.12. The Bertz CT molecular complexity index is 1960. The molecule has 0 radical (unpaired) electrons. The molecule has 0 fully saturated rings. The van der Waals surface area contributed by atoms with Gasteiger partial charge in [0.2, 0.25) is 0 Å². The van der Waals surface area contributed by atoms with E-state index in [9.17, 15) is 26.3 Å². The van der Waals surface area contributed by atoms with Crippen LogP contribution in [0.4, 0.5) is 26.3 Å². The van der Waals surface area contributed by atoms with Crippen LogP contribution in [0.2, 0.25) is 0 Å². The summed E-state index contributed by atoms with van der Waals surface area (Å²) in [5, 5.41) is 3.36. The van der Waals surface area contributed by atoms with Crippen LogP contribution >= 0.6 is 0 Å². The molecule has 45 heavy (non-hydrogen) atoms. The number of fused-ring (bicyclic) bond motifs is 7. The molecule has 0 bridgehead atoms. The molecular weight excluding hydrogens is 584 g/mol. The standard InChI is InChI=1S/C38H27F6N/c1-20(2)17-45-18-29-27(23-13-31(39)37(43)32(40)14-23)11-21-7-3-5-9-25(21)35(29)36-26-10-6-4-8-22(26)12-28(30(36)19-45)24-15-33(41)38(44)34(42)16-24/h3-16,20H,17-19H2,1-2H3. The highest BCUT2D eigenvalue weighted by Gasteiger charge is 2.29. The van der Waals surface area contributed by atoms with Crippen molar-refractivity contribution >= 4 is 21.5 Å². The SMILES string of the molecule is CC(C)CN1Cc2c(-c3cc(F)c(F)c(F)c3)cc3ccccc3c2-c2c(c(-c3cc(F)c(F)c(F)c3)cc3ccccc23)C1. The summed E-state index contributed by atoms with van der Waals surface area (Å²) in [5.74, 6) is -7.98. The molecule has 0 saturated heterocycles. The van der Waals surface area contributed by atoms with E-state index in [1.807, 2.05) is 60.7 Å². The summed E-state index contributed by atoms with van der Waals surface area (Å²) in [6.45, 7) is 5.54. The largest absolute Gasteiger partial charge is 0.294 e. The second kappa shape index (κ2) is 11.1. The van der Waals surface area contributed by atoms with Gasteiger partial charge < -0.3 is 0 Å². The number of hydrogen-bond donors (Lipinski definition) is 0. The minimum atomic E-state index is -1.54. The van der Waals surface area contributed by atoms with E-state index in [2.05, 4.69) is 18.7 Å². The molecule has 1 nitrogen and oxygen atoms in total. The Morgan fingerprint density at radius 2 is 0.933 bits per heavy atom. The van der Waals surface area contributed by atoms with Crippen molar-refractivity contribution in [1.82, 2.24) is 4.90 Å². The molecule has 1 aliphatic rings. The summed E-state index contributed by atoms with van der Waals surface area (Å²) in [6.07, 6.45) is 0. The number of nitrogens with zero attached hydrogens (tertiary/aromatic N) is 1. The lowest BCUT2D eigenvalue weighted by atomic mass is 9.82. The van der Waals surface area contributed by atoms with Gasteiger partial charge in [0.05, 0.1) is 0 Å². The second-order valence-electron chi connectivity index (χ2n) is 12.1. The summed E-state index contributed by atoms with van der Waals surface area (Å²) in [4.78, 5) is 2.19. The highest BCUT2D eigenvalue weighted by Crippen LogP contribution is 2.48. The molecule has 0 aromatic heterocycles. The zero-order valence-electron chi connectivity index (χ0n) is 24.5. The Labute approximate surface area is 256 Å². The van der Waals surface area contributed by atoms with Gasteiger partial charge in [0.25, 0.3) is 0 Å². The van der Waals surface area contributed by atoms with Gasteiger partial charge >= 0.3 is 0 Å². The van der Waals surface area contributed by atoms with Crippen LogP contribution in [0, 0.1) is 40.8 Å². The third-order valence-corrected chi connectivity index (χ3v) is 8.54. The van der Waals surface area contributed by atoms with Crippen molar-refractivity contribution in [3.63, 3.8) is 0 Å². The average Bonchev–Trinajstić information content (AvgIpc) is 3.18. The van der Waals surface area contributed by atoms with E-state index >= 15 is 0 Å². The lowest BCUT2D eigenvalue weighted by Crippen LogP contribution is -2.26. The maximum atomic E-state index is 14.7. The Balaban J connectivity index is 1.67. The molecule has 7 heteroatoms. The van der Waals surface area contributed by atoms with Gasteiger partial charge in [-0.1, -0.05) is 62.4 Å². The molecule has 0 N–H and O–H groups in total. The molecule has 1 heterocycles. The van der Waals surface area contributed by atoms with E-state index in [1.54, 1.807) is 0 Å². The second-order valence-corrected chi connectivity index (χ2v) is 12.1. The quantitative estimate of drug-likeness (QED) is 0.142. The predicted octanol–water partition coefficient (Wildman–Crippen LogP) is 10.8. The van der Waals surface area contributed by atoms with Crippen molar-refractivity contribution in [3.8, 4) is 33.4 Å². The van der Waals surface area contributed by atoms with Crippen molar-refractivity contribution in [1.29, 1.82) is 0 Å². The molecule has 0 spiro atoms. The van der Waals surface area contributed by atoms with E-state index in [4.69, 9.17) is 0 Å². The summed E-state index contributed by atoms with van der Waals surface area (Å²) in [6, 6.07) is 23.1. The maximum absolute atomic E-state index is 14.7. The number of benzene rings is 6. The van der Waals surface area contributed by atoms with Gasteiger partial charge in [-0.25, -0.2) is 26.3 Å². The van der Waals surface area contributed by atoms with Gasteiger partial charge in [-0.05, 0) is 108 Å². The van der Waals surface area contributed by atoms with Crippen molar-refractivity contribution in [2.75, 3.05) is 6.54 Å². The smallest absolute Gasteiger partial charge is 0.194 e. The lowest BCUT2D eigenvalue weighted by molar-refractivity contribution is 0.231. The first-order valence-electron chi connectivity index (χ1n) is 14.7. The van der Waals surface area contributed by atoms with Crippen molar-refractivity contribution in [3.05, 3.63) is 131 Å². The molecule has 0 atom stereocenters. The summed E-state index contributed by atoms with van der Waals surface area (Å²) < 4.78 is 86.9. The van der Waals surface area contributed by atoms with Gasteiger partial charge in [-0.3, -0.25) is 4.90 Å². The molecule has 226 valence electrons. The maximum Gasteiger partial charge on any atom is 0.194 e. The highest BCUT2D eigenvalue weighted by atomic mass is 19.2. The fourth-order valence-corrected chi connectivity index (χ4v) is 6.77. The molecule has 0 unspecified atom stereocenters.